The van der Waals surface area contributed by atoms with Crippen LogP contribution in [0.25, 0.3) is 0 Å². The van der Waals surface area contributed by atoms with Gasteiger partial charge >= 0.3 is 5.97 Å². The molecule has 0 radical (unpaired) electrons. The van der Waals surface area contributed by atoms with Gasteiger partial charge in [-0.15, -0.1) is 0 Å². The molecule has 1 unspecified atom stereocenters. The number of nitriles is 1. The number of hydrogen-bond acceptors (Lipinski definition) is 3. The van der Waals surface area contributed by atoms with Gasteiger partial charge in [0.2, 0.25) is 0 Å². The number of ether oxygens (including phenoxy) is 1. The van der Waals surface area contributed by atoms with Crippen LogP contribution in [0.3, 0.4) is 0 Å². The molecule has 3 heteroatoms. The second-order valence-electron chi connectivity index (χ2n) is 5.58. The normalized spacial score (nSPS) is 25.3. The molecule has 0 aromatic heterocycles. The van der Waals surface area contributed by atoms with Crippen LogP contribution < -0.4 is 0 Å². The summed E-state index contributed by atoms with van der Waals surface area (Å²) in [6.45, 7) is 4.11. The first kappa shape index (κ1) is 11.4. The highest BCUT2D eigenvalue weighted by atomic mass is 16.5. The summed E-state index contributed by atoms with van der Waals surface area (Å²) in [7, 11) is 0. The average molecular weight is 221 g/mol. The molecule has 0 aromatic rings. The lowest BCUT2D eigenvalue weighted by Gasteiger charge is -2.45. The van der Waals surface area contributed by atoms with Crippen molar-refractivity contribution in [2.45, 2.75) is 46.0 Å². The molecule has 0 N–H and O–H groups in total. The van der Waals surface area contributed by atoms with Crippen LogP contribution in [0.4, 0.5) is 0 Å². The van der Waals surface area contributed by atoms with Gasteiger partial charge in [-0.3, -0.25) is 4.79 Å². The predicted octanol–water partition coefficient (Wildman–Crippen LogP) is 2.66. The van der Waals surface area contributed by atoms with Crippen molar-refractivity contribution < 1.29 is 9.53 Å². The van der Waals surface area contributed by atoms with E-state index in [1.807, 2.05) is 13.8 Å². The van der Waals surface area contributed by atoms with Crippen LogP contribution in [0.1, 0.15) is 46.0 Å². The minimum atomic E-state index is -0.571. The van der Waals surface area contributed by atoms with Crippen molar-refractivity contribution in [1.29, 1.82) is 5.26 Å². The van der Waals surface area contributed by atoms with Gasteiger partial charge in [-0.05, 0) is 50.9 Å². The van der Waals surface area contributed by atoms with Gasteiger partial charge in [0, 0.05) is 0 Å². The molecule has 2 rings (SSSR count). The Labute approximate surface area is 96.8 Å². The highest BCUT2D eigenvalue weighted by Crippen LogP contribution is 2.67. The van der Waals surface area contributed by atoms with E-state index in [1.54, 1.807) is 0 Å². The average Bonchev–Trinajstić information content (AvgIpc) is 2.95. The molecule has 0 aliphatic heterocycles. The van der Waals surface area contributed by atoms with Crippen LogP contribution in [0.2, 0.25) is 0 Å². The van der Waals surface area contributed by atoms with Crippen molar-refractivity contribution in [3.05, 3.63) is 0 Å². The Morgan fingerprint density at radius 1 is 1.56 bits per heavy atom. The molecule has 16 heavy (non-hydrogen) atoms. The zero-order valence-electron chi connectivity index (χ0n) is 10.1. The largest absolute Gasteiger partial charge is 0.466 e. The SMILES string of the molecule is CCOC(=O)C(C)(CC#N)C1CC2(CC2)C1. The van der Waals surface area contributed by atoms with Gasteiger partial charge in [-0.25, -0.2) is 0 Å². The first-order valence-corrected chi connectivity index (χ1v) is 6.10. The fraction of sp³-hybridized carbons (Fsp3) is 0.846. The van der Waals surface area contributed by atoms with Crippen LogP contribution in [0, 0.1) is 28.1 Å². The molecule has 3 nitrogen and oxygen atoms in total. The minimum absolute atomic E-state index is 0.183. The number of hydrogen-bond donors (Lipinski definition) is 0. The standard InChI is InChI=1S/C13H19NO2/c1-3-16-11(15)12(2,6-7-14)10-8-13(9-10)4-5-13/h10H,3-6,8-9H2,1-2H3. The molecule has 0 amide bonds. The van der Waals surface area contributed by atoms with Crippen LogP contribution >= 0.6 is 0 Å². The van der Waals surface area contributed by atoms with Crippen molar-refractivity contribution in [1.82, 2.24) is 0 Å². The summed E-state index contributed by atoms with van der Waals surface area (Å²) in [5.41, 5.74) is -0.00746. The number of carbonyl (C=O) groups is 1. The van der Waals surface area contributed by atoms with E-state index < -0.39 is 5.41 Å². The molecule has 2 aliphatic carbocycles. The van der Waals surface area contributed by atoms with Gasteiger partial charge in [-0.2, -0.15) is 5.26 Å². The highest BCUT2D eigenvalue weighted by Gasteiger charge is 2.59. The Morgan fingerprint density at radius 3 is 2.62 bits per heavy atom. The quantitative estimate of drug-likeness (QED) is 0.686. The van der Waals surface area contributed by atoms with E-state index in [1.165, 1.54) is 12.8 Å². The zero-order valence-corrected chi connectivity index (χ0v) is 10.1. The van der Waals surface area contributed by atoms with Crippen molar-refractivity contribution in [2.24, 2.45) is 16.7 Å². The molecule has 88 valence electrons. The Balaban J connectivity index is 2.03. The molecule has 2 aliphatic rings. The first-order chi connectivity index (χ1) is 7.56. The smallest absolute Gasteiger partial charge is 0.313 e. The van der Waals surface area contributed by atoms with Gasteiger partial charge in [-0.1, -0.05) is 0 Å². The molecule has 2 saturated carbocycles. The molecule has 0 heterocycles. The maximum absolute atomic E-state index is 11.9. The maximum Gasteiger partial charge on any atom is 0.313 e. The molecule has 1 atom stereocenters. The fourth-order valence-corrected chi connectivity index (χ4v) is 2.86. The van der Waals surface area contributed by atoms with Gasteiger partial charge in [0.05, 0.1) is 24.5 Å². The number of rotatable bonds is 4. The van der Waals surface area contributed by atoms with Gasteiger partial charge in [0.25, 0.3) is 0 Å². The number of carbonyl (C=O) groups excluding carboxylic acids is 1. The van der Waals surface area contributed by atoms with E-state index in [4.69, 9.17) is 10.00 Å². The summed E-state index contributed by atoms with van der Waals surface area (Å²) in [6, 6.07) is 2.14. The van der Waals surface area contributed by atoms with Crippen molar-refractivity contribution in [3.8, 4) is 6.07 Å². The van der Waals surface area contributed by atoms with E-state index in [2.05, 4.69) is 6.07 Å². The monoisotopic (exact) mass is 221 g/mol. The maximum atomic E-state index is 11.9. The molecule has 2 fully saturated rings. The van der Waals surface area contributed by atoms with Crippen LogP contribution in [-0.2, 0) is 9.53 Å². The third-order valence-electron chi connectivity index (χ3n) is 4.41. The van der Waals surface area contributed by atoms with Gasteiger partial charge < -0.3 is 4.74 Å². The van der Waals surface area contributed by atoms with Crippen molar-refractivity contribution >= 4 is 5.97 Å². The molecule has 0 bridgehead atoms. The van der Waals surface area contributed by atoms with E-state index in [9.17, 15) is 4.79 Å². The van der Waals surface area contributed by atoms with Crippen LogP contribution in [-0.4, -0.2) is 12.6 Å². The third-order valence-corrected chi connectivity index (χ3v) is 4.41. The summed E-state index contributed by atoms with van der Waals surface area (Å²) in [5, 5.41) is 8.88. The van der Waals surface area contributed by atoms with Crippen molar-refractivity contribution in [2.75, 3.05) is 6.61 Å². The van der Waals surface area contributed by atoms with E-state index in [0.29, 0.717) is 17.9 Å². The molecule has 0 saturated heterocycles. The van der Waals surface area contributed by atoms with Gasteiger partial charge in [0.15, 0.2) is 0 Å². The number of nitrogens with zero attached hydrogens (tertiary/aromatic N) is 1. The predicted molar refractivity (Wildman–Crippen MR) is 59.4 cm³/mol. The van der Waals surface area contributed by atoms with Crippen LogP contribution in [0.5, 0.6) is 0 Å². The lowest BCUT2D eigenvalue weighted by atomic mass is 9.58. The summed E-state index contributed by atoms with van der Waals surface area (Å²) in [6.07, 6.45) is 5.14. The third kappa shape index (κ3) is 1.71. The fourth-order valence-electron chi connectivity index (χ4n) is 2.86. The van der Waals surface area contributed by atoms with E-state index in [-0.39, 0.29) is 12.4 Å². The summed E-state index contributed by atoms with van der Waals surface area (Å²) in [4.78, 5) is 11.9. The molecule has 0 aromatic carbocycles. The minimum Gasteiger partial charge on any atom is -0.466 e. The van der Waals surface area contributed by atoms with Crippen LogP contribution in [0.15, 0.2) is 0 Å². The summed E-state index contributed by atoms with van der Waals surface area (Å²) >= 11 is 0. The topological polar surface area (TPSA) is 50.1 Å². The highest BCUT2D eigenvalue weighted by molar-refractivity contribution is 5.77. The zero-order chi connectivity index (χ0) is 11.8. The molecular formula is C13H19NO2. The van der Waals surface area contributed by atoms with E-state index in [0.717, 1.165) is 12.8 Å². The van der Waals surface area contributed by atoms with Crippen molar-refractivity contribution in [3.63, 3.8) is 0 Å². The Hall–Kier alpha value is -1.04. The lowest BCUT2D eigenvalue weighted by Crippen LogP contribution is -2.44. The summed E-state index contributed by atoms with van der Waals surface area (Å²) in [5.74, 6) is 0.172. The summed E-state index contributed by atoms with van der Waals surface area (Å²) < 4.78 is 5.11. The Morgan fingerprint density at radius 2 is 2.19 bits per heavy atom. The molecular weight excluding hydrogens is 202 g/mol. The Bertz CT molecular complexity index is 332. The van der Waals surface area contributed by atoms with E-state index >= 15 is 0 Å². The second kappa shape index (κ2) is 3.76. The Kier molecular flexibility index (Phi) is 2.69. The second-order valence-corrected chi connectivity index (χ2v) is 5.58. The van der Waals surface area contributed by atoms with Gasteiger partial charge in [0.1, 0.15) is 0 Å². The molecule has 1 spiro atoms. The number of esters is 1. The first-order valence-electron chi connectivity index (χ1n) is 6.10. The lowest BCUT2D eigenvalue weighted by molar-refractivity contribution is -0.161.